The Hall–Kier alpha value is -4.46. The molecule has 0 aliphatic carbocycles. The second-order valence-electron chi connectivity index (χ2n) is 8.63. The summed E-state index contributed by atoms with van der Waals surface area (Å²) in [6, 6.07) is 17.0. The summed E-state index contributed by atoms with van der Waals surface area (Å²) in [6.45, 7) is 6.99. The zero-order valence-electron chi connectivity index (χ0n) is 21.6. The van der Waals surface area contributed by atoms with Gasteiger partial charge in [0.15, 0.2) is 11.5 Å². The lowest BCUT2D eigenvalue weighted by Crippen LogP contribution is -2.29. The van der Waals surface area contributed by atoms with E-state index in [4.69, 9.17) is 14.2 Å². The van der Waals surface area contributed by atoms with Crippen LogP contribution in [-0.2, 0) is 9.59 Å². The number of Topliss-reactive ketones (excluding diaryl/α,β-unsaturated/α-hetero) is 1. The summed E-state index contributed by atoms with van der Waals surface area (Å²) in [5.41, 5.74) is 1.21. The number of aliphatic hydroxyl groups excluding tert-OH is 1. The monoisotopic (exact) mass is 517 g/mol. The first-order chi connectivity index (χ1) is 18.4. The fourth-order valence-corrected chi connectivity index (χ4v) is 4.37. The first-order valence-electron chi connectivity index (χ1n) is 12.6. The number of nitrogens with zero attached hydrogens (tertiary/aromatic N) is 1. The molecule has 1 amide bonds. The number of ketones is 1. The largest absolute Gasteiger partial charge is 0.508 e. The average molecular weight is 518 g/mol. The molecule has 2 N–H and O–H groups in total. The smallest absolute Gasteiger partial charge is 0.300 e. The summed E-state index contributed by atoms with van der Waals surface area (Å²) in [5.74, 6) is -0.423. The SMILES string of the molecule is CCCOc1cccc(/C(O)=C2\C(=O)C(=O)N(c3ccc(OCC)c(OCC)c3)C2c2ccc(O)cc2)c1. The number of hydrogen-bond donors (Lipinski definition) is 2. The lowest BCUT2D eigenvalue weighted by molar-refractivity contribution is -0.132. The molecule has 1 fully saturated rings. The molecule has 0 aromatic heterocycles. The van der Waals surface area contributed by atoms with E-state index in [2.05, 4.69) is 0 Å². The Morgan fingerprint density at radius 1 is 0.868 bits per heavy atom. The van der Waals surface area contributed by atoms with Crippen molar-refractivity contribution in [3.8, 4) is 23.0 Å². The number of hydrogen-bond acceptors (Lipinski definition) is 7. The highest BCUT2D eigenvalue weighted by Gasteiger charge is 2.47. The van der Waals surface area contributed by atoms with Gasteiger partial charge in [0.25, 0.3) is 11.7 Å². The van der Waals surface area contributed by atoms with Gasteiger partial charge in [-0.15, -0.1) is 0 Å². The Bertz CT molecular complexity index is 1350. The van der Waals surface area contributed by atoms with Crippen LogP contribution in [0.25, 0.3) is 5.76 Å². The quantitative estimate of drug-likeness (QED) is 0.205. The van der Waals surface area contributed by atoms with Gasteiger partial charge in [0.05, 0.1) is 31.4 Å². The number of benzene rings is 3. The van der Waals surface area contributed by atoms with Crippen LogP contribution in [0.2, 0.25) is 0 Å². The second kappa shape index (κ2) is 11.7. The van der Waals surface area contributed by atoms with Gasteiger partial charge in [0, 0.05) is 17.3 Å². The van der Waals surface area contributed by atoms with Gasteiger partial charge in [-0.05, 0) is 62.2 Å². The van der Waals surface area contributed by atoms with Gasteiger partial charge < -0.3 is 24.4 Å². The minimum atomic E-state index is -0.955. The van der Waals surface area contributed by atoms with E-state index in [9.17, 15) is 19.8 Å². The minimum Gasteiger partial charge on any atom is -0.508 e. The van der Waals surface area contributed by atoms with Gasteiger partial charge in [0.1, 0.15) is 17.3 Å². The van der Waals surface area contributed by atoms with Gasteiger partial charge >= 0.3 is 0 Å². The molecular weight excluding hydrogens is 486 g/mol. The summed E-state index contributed by atoms with van der Waals surface area (Å²) in [7, 11) is 0. The van der Waals surface area contributed by atoms with E-state index in [1.54, 1.807) is 54.6 Å². The van der Waals surface area contributed by atoms with Crippen molar-refractivity contribution in [3.63, 3.8) is 0 Å². The highest BCUT2D eigenvalue weighted by atomic mass is 16.5. The molecule has 3 aromatic carbocycles. The fraction of sp³-hybridized carbons (Fsp3) is 0.267. The Labute approximate surface area is 221 Å². The van der Waals surface area contributed by atoms with Crippen molar-refractivity contribution < 1.29 is 34.0 Å². The van der Waals surface area contributed by atoms with Gasteiger partial charge in [-0.3, -0.25) is 14.5 Å². The third-order valence-corrected chi connectivity index (χ3v) is 6.04. The Kier molecular flexibility index (Phi) is 8.21. The molecule has 1 unspecified atom stereocenters. The number of phenolic OH excluding ortho intramolecular Hbond substituents is 1. The van der Waals surface area contributed by atoms with Crippen LogP contribution >= 0.6 is 0 Å². The molecule has 198 valence electrons. The van der Waals surface area contributed by atoms with Crippen molar-refractivity contribution in [2.24, 2.45) is 0 Å². The fourth-order valence-electron chi connectivity index (χ4n) is 4.37. The number of aromatic hydroxyl groups is 1. The van der Waals surface area contributed by atoms with Gasteiger partial charge in [0.2, 0.25) is 0 Å². The van der Waals surface area contributed by atoms with Crippen LogP contribution in [0.4, 0.5) is 5.69 Å². The molecule has 1 aliphatic heterocycles. The number of aliphatic hydroxyl groups is 1. The predicted octanol–water partition coefficient (Wildman–Crippen LogP) is 5.60. The number of rotatable bonds is 10. The van der Waals surface area contributed by atoms with Crippen LogP contribution in [0.5, 0.6) is 23.0 Å². The molecule has 1 saturated heterocycles. The number of anilines is 1. The molecule has 3 aromatic rings. The topological polar surface area (TPSA) is 106 Å². The maximum atomic E-state index is 13.5. The van der Waals surface area contributed by atoms with E-state index in [1.807, 2.05) is 20.8 Å². The van der Waals surface area contributed by atoms with Crippen LogP contribution in [0.3, 0.4) is 0 Å². The minimum absolute atomic E-state index is 0.0335. The Morgan fingerprint density at radius 2 is 1.58 bits per heavy atom. The zero-order valence-corrected chi connectivity index (χ0v) is 21.6. The molecule has 8 nitrogen and oxygen atoms in total. The van der Waals surface area contributed by atoms with Crippen LogP contribution in [-0.4, -0.2) is 41.7 Å². The summed E-state index contributed by atoms with van der Waals surface area (Å²) < 4.78 is 17.1. The van der Waals surface area contributed by atoms with E-state index in [1.165, 1.54) is 17.0 Å². The number of ether oxygens (including phenoxy) is 3. The standard InChI is InChI=1S/C30H31NO7/c1-4-16-38-23-9-7-8-20(17-23)28(33)26-27(19-10-13-22(32)14-11-19)31(30(35)29(26)34)21-12-15-24(36-5-2)25(18-21)37-6-3/h7-15,17-18,27,32-33H,4-6,16H2,1-3H3/b28-26+. The lowest BCUT2D eigenvalue weighted by atomic mass is 9.95. The Balaban J connectivity index is 1.88. The maximum absolute atomic E-state index is 13.5. The molecular formula is C30H31NO7. The van der Waals surface area contributed by atoms with E-state index in [0.717, 1.165) is 6.42 Å². The van der Waals surface area contributed by atoms with E-state index >= 15 is 0 Å². The second-order valence-corrected chi connectivity index (χ2v) is 8.63. The van der Waals surface area contributed by atoms with E-state index < -0.39 is 17.7 Å². The van der Waals surface area contributed by atoms with Crippen molar-refractivity contribution in [2.75, 3.05) is 24.7 Å². The normalized spacial score (nSPS) is 16.5. The van der Waals surface area contributed by atoms with Gasteiger partial charge in [-0.25, -0.2) is 0 Å². The molecule has 1 aliphatic rings. The van der Waals surface area contributed by atoms with E-state index in [0.29, 0.717) is 53.9 Å². The average Bonchev–Trinajstić information content (AvgIpc) is 3.19. The zero-order chi connectivity index (χ0) is 27.2. The number of phenols is 1. The predicted molar refractivity (Wildman–Crippen MR) is 144 cm³/mol. The first kappa shape index (κ1) is 26.6. The third kappa shape index (κ3) is 5.29. The molecule has 0 saturated carbocycles. The number of carbonyl (C=O) groups excluding carboxylic acids is 2. The first-order valence-corrected chi connectivity index (χ1v) is 12.6. The van der Waals surface area contributed by atoms with Crippen molar-refractivity contribution in [1.29, 1.82) is 0 Å². The summed E-state index contributed by atoms with van der Waals surface area (Å²) in [5, 5.41) is 21.3. The molecule has 8 heteroatoms. The molecule has 4 rings (SSSR count). The Morgan fingerprint density at radius 3 is 2.26 bits per heavy atom. The van der Waals surface area contributed by atoms with Crippen molar-refractivity contribution >= 4 is 23.1 Å². The number of amides is 1. The van der Waals surface area contributed by atoms with E-state index in [-0.39, 0.29) is 17.1 Å². The molecule has 38 heavy (non-hydrogen) atoms. The summed E-state index contributed by atoms with van der Waals surface area (Å²) >= 11 is 0. The molecule has 1 atom stereocenters. The van der Waals surface area contributed by atoms with Crippen LogP contribution in [0.1, 0.15) is 44.4 Å². The summed E-state index contributed by atoms with van der Waals surface area (Å²) in [6.07, 6.45) is 0.813. The number of carbonyl (C=O) groups is 2. The molecule has 0 bridgehead atoms. The highest BCUT2D eigenvalue weighted by Crippen LogP contribution is 2.44. The molecule has 0 radical (unpaired) electrons. The third-order valence-electron chi connectivity index (χ3n) is 6.04. The van der Waals surface area contributed by atoms with Crippen molar-refractivity contribution in [3.05, 3.63) is 83.4 Å². The molecule has 0 spiro atoms. The van der Waals surface area contributed by atoms with Gasteiger partial charge in [-0.2, -0.15) is 0 Å². The highest BCUT2D eigenvalue weighted by molar-refractivity contribution is 6.51. The lowest BCUT2D eigenvalue weighted by Gasteiger charge is -2.26. The van der Waals surface area contributed by atoms with Crippen molar-refractivity contribution in [1.82, 2.24) is 0 Å². The van der Waals surface area contributed by atoms with Gasteiger partial charge in [-0.1, -0.05) is 31.2 Å². The van der Waals surface area contributed by atoms with Crippen molar-refractivity contribution in [2.45, 2.75) is 33.2 Å². The van der Waals surface area contributed by atoms with Crippen LogP contribution in [0.15, 0.2) is 72.3 Å². The maximum Gasteiger partial charge on any atom is 0.300 e. The summed E-state index contributed by atoms with van der Waals surface area (Å²) in [4.78, 5) is 28.3. The van der Waals surface area contributed by atoms with Crippen LogP contribution < -0.4 is 19.1 Å². The van der Waals surface area contributed by atoms with Crippen LogP contribution in [0, 0.1) is 0 Å². The molecule has 1 heterocycles.